The normalized spacial score (nSPS) is 43.8. The lowest BCUT2D eigenvalue weighted by molar-refractivity contribution is -0.135. The molecule has 126 valence electrons. The standard InChI is InChI=1S/C17H28N2O2.ClH/c20-16(17-8-2-1-4-12(17)10-18-11-17)19-14-5-3-6-15-13(14)7-9-21-15;/h12-15,18H,1-11H2,(H,19,20);1H/t12-,13?,14?,15?,17+;/m0./s1. The van der Waals surface area contributed by atoms with Gasteiger partial charge in [-0.05, 0) is 51.0 Å². The molecule has 2 aliphatic heterocycles. The second-order valence-electron chi connectivity index (χ2n) is 7.60. The van der Waals surface area contributed by atoms with E-state index in [9.17, 15) is 4.79 Å². The van der Waals surface area contributed by atoms with Crippen molar-refractivity contribution in [2.75, 3.05) is 19.7 Å². The zero-order valence-electron chi connectivity index (χ0n) is 13.3. The number of rotatable bonds is 2. The van der Waals surface area contributed by atoms with Gasteiger partial charge in [0.2, 0.25) is 5.91 Å². The van der Waals surface area contributed by atoms with Gasteiger partial charge in [-0.25, -0.2) is 0 Å². The van der Waals surface area contributed by atoms with Crippen LogP contribution in [0.2, 0.25) is 0 Å². The number of ether oxygens (including phenoxy) is 1. The Hall–Kier alpha value is -0.320. The number of carbonyl (C=O) groups is 1. The molecule has 4 nitrogen and oxygen atoms in total. The molecule has 0 aromatic rings. The minimum Gasteiger partial charge on any atom is -0.378 e. The summed E-state index contributed by atoms with van der Waals surface area (Å²) in [5, 5.41) is 6.95. The van der Waals surface area contributed by atoms with Crippen molar-refractivity contribution in [1.82, 2.24) is 10.6 Å². The van der Waals surface area contributed by atoms with Gasteiger partial charge in [0.05, 0.1) is 11.5 Å². The summed E-state index contributed by atoms with van der Waals surface area (Å²) in [6, 6.07) is 0.358. The van der Waals surface area contributed by atoms with Crippen molar-refractivity contribution >= 4 is 18.3 Å². The van der Waals surface area contributed by atoms with E-state index in [1.165, 1.54) is 32.1 Å². The van der Waals surface area contributed by atoms with Crippen LogP contribution in [-0.2, 0) is 9.53 Å². The zero-order chi connectivity index (χ0) is 14.3. The molecule has 0 aromatic carbocycles. The Labute approximate surface area is 139 Å². The summed E-state index contributed by atoms with van der Waals surface area (Å²) in [7, 11) is 0. The van der Waals surface area contributed by atoms with E-state index in [0.717, 1.165) is 39.0 Å². The van der Waals surface area contributed by atoms with E-state index in [1.54, 1.807) is 0 Å². The first-order chi connectivity index (χ1) is 10.3. The monoisotopic (exact) mass is 328 g/mol. The second kappa shape index (κ2) is 6.66. The zero-order valence-corrected chi connectivity index (χ0v) is 14.1. The van der Waals surface area contributed by atoms with Crippen LogP contribution < -0.4 is 10.6 Å². The minimum absolute atomic E-state index is 0. The summed E-state index contributed by atoms with van der Waals surface area (Å²) >= 11 is 0. The maximum absolute atomic E-state index is 13.1. The Balaban J connectivity index is 0.00000144. The van der Waals surface area contributed by atoms with Crippen LogP contribution in [0.25, 0.3) is 0 Å². The van der Waals surface area contributed by atoms with E-state index >= 15 is 0 Å². The van der Waals surface area contributed by atoms with Crippen molar-refractivity contribution in [2.24, 2.45) is 17.3 Å². The Morgan fingerprint density at radius 3 is 2.95 bits per heavy atom. The Morgan fingerprint density at radius 2 is 2.05 bits per heavy atom. The van der Waals surface area contributed by atoms with Gasteiger partial charge in [0, 0.05) is 25.1 Å². The average Bonchev–Trinajstić information content (AvgIpc) is 3.14. The first-order valence-electron chi connectivity index (χ1n) is 8.93. The van der Waals surface area contributed by atoms with Crippen LogP contribution in [0.15, 0.2) is 0 Å². The maximum atomic E-state index is 13.1. The molecule has 4 rings (SSSR count). The van der Waals surface area contributed by atoms with Gasteiger partial charge in [0.15, 0.2) is 0 Å². The third kappa shape index (κ3) is 2.67. The van der Waals surface area contributed by atoms with Crippen molar-refractivity contribution in [2.45, 2.75) is 63.5 Å². The number of fused-ring (bicyclic) bond motifs is 2. The lowest BCUT2D eigenvalue weighted by atomic mass is 9.67. The number of hydrogen-bond donors (Lipinski definition) is 2. The molecule has 5 atom stereocenters. The Morgan fingerprint density at radius 1 is 1.14 bits per heavy atom. The predicted molar refractivity (Wildman–Crippen MR) is 88.1 cm³/mol. The molecule has 2 heterocycles. The Kier molecular flexibility index (Phi) is 5.01. The summed E-state index contributed by atoms with van der Waals surface area (Å²) < 4.78 is 5.84. The molecular weight excluding hydrogens is 300 g/mol. The summed E-state index contributed by atoms with van der Waals surface area (Å²) in [6.45, 7) is 2.81. The van der Waals surface area contributed by atoms with Crippen molar-refractivity contribution in [3.8, 4) is 0 Å². The second-order valence-corrected chi connectivity index (χ2v) is 7.60. The molecule has 0 spiro atoms. The summed E-state index contributed by atoms with van der Waals surface area (Å²) in [5.74, 6) is 1.47. The molecule has 22 heavy (non-hydrogen) atoms. The first-order valence-corrected chi connectivity index (χ1v) is 8.93. The number of hydrogen-bond acceptors (Lipinski definition) is 3. The van der Waals surface area contributed by atoms with E-state index in [4.69, 9.17) is 4.74 Å². The van der Waals surface area contributed by atoms with Crippen molar-refractivity contribution < 1.29 is 9.53 Å². The lowest BCUT2D eigenvalue weighted by Gasteiger charge is -2.40. The largest absolute Gasteiger partial charge is 0.378 e. The fraction of sp³-hybridized carbons (Fsp3) is 0.941. The summed E-state index contributed by atoms with van der Waals surface area (Å²) in [5.41, 5.74) is -0.106. The van der Waals surface area contributed by atoms with E-state index in [0.29, 0.717) is 29.9 Å². The molecule has 0 radical (unpaired) electrons. The highest BCUT2D eigenvalue weighted by Gasteiger charge is 2.51. The van der Waals surface area contributed by atoms with Gasteiger partial charge in [-0.15, -0.1) is 12.4 Å². The summed E-state index contributed by atoms with van der Waals surface area (Å²) in [6.07, 6.45) is 9.87. The van der Waals surface area contributed by atoms with Crippen LogP contribution in [-0.4, -0.2) is 37.7 Å². The van der Waals surface area contributed by atoms with E-state index in [-0.39, 0.29) is 17.8 Å². The molecule has 1 amide bonds. The quantitative estimate of drug-likeness (QED) is 0.817. The SMILES string of the molecule is Cl.O=C(NC1CCCC2OCCC12)[C@@]12CCCC[C@H]1CNC2. The maximum Gasteiger partial charge on any atom is 0.228 e. The molecule has 2 N–H and O–H groups in total. The molecule has 0 aromatic heterocycles. The van der Waals surface area contributed by atoms with E-state index in [1.807, 2.05) is 0 Å². The first kappa shape index (κ1) is 16.5. The van der Waals surface area contributed by atoms with E-state index < -0.39 is 0 Å². The smallest absolute Gasteiger partial charge is 0.228 e. The highest BCUT2D eigenvalue weighted by Crippen LogP contribution is 2.44. The van der Waals surface area contributed by atoms with Gasteiger partial charge in [0.1, 0.15) is 0 Å². The molecule has 5 heteroatoms. The van der Waals surface area contributed by atoms with Gasteiger partial charge < -0.3 is 15.4 Å². The van der Waals surface area contributed by atoms with Crippen molar-refractivity contribution in [3.63, 3.8) is 0 Å². The third-order valence-electron chi connectivity index (χ3n) is 6.59. The van der Waals surface area contributed by atoms with Crippen LogP contribution in [0.4, 0.5) is 0 Å². The van der Waals surface area contributed by atoms with E-state index in [2.05, 4.69) is 10.6 Å². The van der Waals surface area contributed by atoms with Gasteiger partial charge in [0.25, 0.3) is 0 Å². The molecule has 2 saturated heterocycles. The molecule has 2 saturated carbocycles. The number of halogens is 1. The van der Waals surface area contributed by atoms with Gasteiger partial charge in [-0.1, -0.05) is 12.8 Å². The molecule has 0 bridgehead atoms. The fourth-order valence-corrected chi connectivity index (χ4v) is 5.36. The molecule has 3 unspecified atom stereocenters. The Bertz CT molecular complexity index is 419. The average molecular weight is 329 g/mol. The van der Waals surface area contributed by atoms with Crippen molar-refractivity contribution in [3.05, 3.63) is 0 Å². The van der Waals surface area contributed by atoms with Crippen molar-refractivity contribution in [1.29, 1.82) is 0 Å². The molecule has 2 aliphatic carbocycles. The highest BCUT2D eigenvalue weighted by atomic mass is 35.5. The topological polar surface area (TPSA) is 50.4 Å². The predicted octanol–water partition coefficient (Wildman–Crippen LogP) is 2.26. The molecule has 4 aliphatic rings. The molecular formula is C17H29ClN2O2. The van der Waals surface area contributed by atoms with Crippen LogP contribution in [0, 0.1) is 17.3 Å². The number of nitrogens with one attached hydrogen (secondary N) is 2. The van der Waals surface area contributed by atoms with Crippen LogP contribution in [0.1, 0.15) is 51.4 Å². The van der Waals surface area contributed by atoms with Crippen LogP contribution >= 0.6 is 12.4 Å². The van der Waals surface area contributed by atoms with Gasteiger partial charge in [-0.2, -0.15) is 0 Å². The summed E-state index contributed by atoms with van der Waals surface area (Å²) in [4.78, 5) is 13.1. The third-order valence-corrected chi connectivity index (χ3v) is 6.59. The number of carbonyl (C=O) groups excluding carboxylic acids is 1. The minimum atomic E-state index is -0.106. The fourth-order valence-electron chi connectivity index (χ4n) is 5.36. The lowest BCUT2D eigenvalue weighted by Crippen LogP contribution is -2.54. The number of amides is 1. The van der Waals surface area contributed by atoms with Gasteiger partial charge >= 0.3 is 0 Å². The van der Waals surface area contributed by atoms with Crippen LogP contribution in [0.5, 0.6) is 0 Å². The molecule has 4 fully saturated rings. The van der Waals surface area contributed by atoms with Crippen LogP contribution in [0.3, 0.4) is 0 Å². The van der Waals surface area contributed by atoms with Gasteiger partial charge in [-0.3, -0.25) is 4.79 Å². The highest BCUT2D eigenvalue weighted by molar-refractivity contribution is 5.85.